The normalized spacial score (nSPS) is 13.9. The Kier molecular flexibility index (Phi) is 3.43. The highest BCUT2D eigenvalue weighted by Gasteiger charge is 2.09. The minimum Gasteiger partial charge on any atom is -0.494 e. The highest BCUT2D eigenvalue weighted by atomic mass is 16.4. The lowest BCUT2D eigenvalue weighted by Crippen LogP contribution is -2.08. The van der Waals surface area contributed by atoms with Crippen LogP contribution in [0.2, 0.25) is 0 Å². The van der Waals surface area contributed by atoms with Gasteiger partial charge in [0.25, 0.3) is 0 Å². The van der Waals surface area contributed by atoms with Gasteiger partial charge in [-0.3, -0.25) is 0 Å². The van der Waals surface area contributed by atoms with Crippen molar-refractivity contribution in [3.05, 3.63) is 70.6 Å². The summed E-state index contributed by atoms with van der Waals surface area (Å²) in [4.78, 5) is 13.6. The summed E-state index contributed by atoms with van der Waals surface area (Å²) in [5, 5.41) is 29.5. The van der Waals surface area contributed by atoms with Gasteiger partial charge in [-0.15, -0.1) is 10.2 Å². The molecular formula is C19H13N3O3. The molecule has 3 N–H and O–H groups in total. The van der Waals surface area contributed by atoms with Crippen molar-refractivity contribution in [2.24, 2.45) is 10.2 Å². The first-order chi connectivity index (χ1) is 12.1. The molecule has 0 saturated carbocycles. The molecule has 3 aromatic rings. The maximum absolute atomic E-state index is 10.6. The molecule has 0 unspecified atom stereocenters. The van der Waals surface area contributed by atoms with Gasteiger partial charge in [0.05, 0.1) is 11.4 Å². The second-order valence-corrected chi connectivity index (χ2v) is 5.61. The molecule has 0 bridgehead atoms. The van der Waals surface area contributed by atoms with Gasteiger partial charge in [0.2, 0.25) is 0 Å². The van der Waals surface area contributed by atoms with Gasteiger partial charge >= 0.3 is 5.97 Å². The summed E-state index contributed by atoms with van der Waals surface area (Å²) in [7, 11) is 0. The Morgan fingerprint density at radius 3 is 2.80 bits per heavy atom. The van der Waals surface area contributed by atoms with Crippen molar-refractivity contribution in [2.75, 3.05) is 0 Å². The van der Waals surface area contributed by atoms with Crippen LogP contribution in [0.15, 0.2) is 64.8 Å². The predicted molar refractivity (Wildman–Crippen MR) is 93.9 cm³/mol. The quantitative estimate of drug-likeness (QED) is 0.643. The smallest absolute Gasteiger partial charge is 0.328 e. The molecule has 0 atom stereocenters. The number of hydrogen-bond acceptors (Lipinski definition) is 4. The van der Waals surface area contributed by atoms with Crippen molar-refractivity contribution in [3.63, 3.8) is 0 Å². The summed E-state index contributed by atoms with van der Waals surface area (Å²) in [6.45, 7) is 0. The highest BCUT2D eigenvalue weighted by molar-refractivity contribution is 5.91. The number of nitrogens with one attached hydrogen (secondary N) is 1. The molecule has 2 heterocycles. The molecule has 0 spiro atoms. The van der Waals surface area contributed by atoms with Gasteiger partial charge in [-0.2, -0.15) is 0 Å². The fourth-order valence-corrected chi connectivity index (χ4v) is 2.83. The van der Waals surface area contributed by atoms with Crippen LogP contribution in [0, 0.1) is 0 Å². The van der Waals surface area contributed by atoms with E-state index in [0.29, 0.717) is 16.9 Å². The van der Waals surface area contributed by atoms with E-state index in [1.807, 2.05) is 48.5 Å². The second kappa shape index (κ2) is 5.76. The number of aromatic amines is 1. The number of hydrogen-bond donors (Lipinski definition) is 3. The minimum atomic E-state index is -1.03. The zero-order valence-corrected chi connectivity index (χ0v) is 13.0. The van der Waals surface area contributed by atoms with Gasteiger partial charge in [0.1, 0.15) is 0 Å². The molecule has 6 nitrogen and oxygen atoms in total. The zero-order chi connectivity index (χ0) is 17.4. The maximum atomic E-state index is 10.6. The van der Waals surface area contributed by atoms with Crippen LogP contribution in [0.1, 0.15) is 5.56 Å². The van der Waals surface area contributed by atoms with Crippen molar-refractivity contribution in [2.45, 2.75) is 0 Å². The number of aliphatic carboxylic acids is 1. The Labute approximate surface area is 141 Å². The van der Waals surface area contributed by atoms with Crippen LogP contribution in [0.3, 0.4) is 0 Å². The van der Waals surface area contributed by atoms with E-state index in [1.54, 1.807) is 0 Å². The van der Waals surface area contributed by atoms with E-state index >= 15 is 0 Å². The van der Waals surface area contributed by atoms with Crippen LogP contribution in [-0.2, 0) is 4.79 Å². The van der Waals surface area contributed by atoms with Crippen LogP contribution in [0.25, 0.3) is 22.7 Å². The van der Waals surface area contributed by atoms with E-state index in [1.165, 1.54) is 6.08 Å². The number of fused-ring (bicyclic) bond motifs is 2. The van der Waals surface area contributed by atoms with Gasteiger partial charge in [0, 0.05) is 27.8 Å². The first-order valence-electron chi connectivity index (χ1n) is 7.60. The lowest BCUT2D eigenvalue weighted by molar-refractivity contribution is -0.131. The number of benzene rings is 2. The van der Waals surface area contributed by atoms with Crippen LogP contribution in [0.4, 0.5) is 5.69 Å². The molecule has 0 radical (unpaired) electrons. The molecule has 0 fully saturated rings. The highest BCUT2D eigenvalue weighted by Crippen LogP contribution is 2.27. The van der Waals surface area contributed by atoms with Gasteiger partial charge in [0.15, 0.2) is 5.88 Å². The molecule has 2 aromatic carbocycles. The Morgan fingerprint density at radius 1 is 1.12 bits per heavy atom. The number of para-hydroxylation sites is 1. The zero-order valence-electron chi connectivity index (χ0n) is 13.0. The van der Waals surface area contributed by atoms with Gasteiger partial charge < -0.3 is 15.2 Å². The Hall–Kier alpha value is -3.67. The summed E-state index contributed by atoms with van der Waals surface area (Å²) in [6, 6.07) is 13.2. The summed E-state index contributed by atoms with van der Waals surface area (Å²) in [5.41, 5.74) is 2.75. The maximum Gasteiger partial charge on any atom is 0.328 e. The van der Waals surface area contributed by atoms with Crippen molar-refractivity contribution in [1.82, 2.24) is 4.98 Å². The minimum absolute atomic E-state index is 0.111. The number of rotatable bonds is 3. The molecule has 0 aliphatic carbocycles. The van der Waals surface area contributed by atoms with Gasteiger partial charge in [-0.1, -0.05) is 24.3 Å². The molecule has 0 saturated heterocycles. The average Bonchev–Trinajstić information content (AvgIpc) is 3.14. The number of aromatic nitrogens is 1. The fourth-order valence-electron chi connectivity index (χ4n) is 2.83. The number of H-pyrrole nitrogens is 1. The Morgan fingerprint density at radius 2 is 1.96 bits per heavy atom. The molecule has 1 aliphatic rings. The molecular weight excluding hydrogens is 318 g/mol. The van der Waals surface area contributed by atoms with Crippen molar-refractivity contribution < 1.29 is 15.0 Å². The SMILES string of the molecule is O=C(O)C=CC1=c2ccc(=Cc3c(O)[nH]c4ccccc34)cc2N=N1. The lowest BCUT2D eigenvalue weighted by Gasteiger charge is -1.94. The number of azo groups is 1. The van der Waals surface area contributed by atoms with Crippen molar-refractivity contribution in [3.8, 4) is 5.88 Å². The molecule has 122 valence electrons. The monoisotopic (exact) mass is 331 g/mol. The van der Waals surface area contributed by atoms with E-state index in [-0.39, 0.29) is 5.88 Å². The number of nitrogens with zero attached hydrogens (tertiary/aromatic N) is 2. The van der Waals surface area contributed by atoms with Crippen LogP contribution in [0.5, 0.6) is 5.88 Å². The predicted octanol–water partition coefficient (Wildman–Crippen LogP) is 2.55. The third-order valence-corrected chi connectivity index (χ3v) is 3.98. The average molecular weight is 331 g/mol. The van der Waals surface area contributed by atoms with Crippen LogP contribution >= 0.6 is 0 Å². The molecule has 25 heavy (non-hydrogen) atoms. The van der Waals surface area contributed by atoms with E-state index in [2.05, 4.69) is 15.2 Å². The number of aromatic hydroxyl groups is 1. The Bertz CT molecular complexity index is 1190. The van der Waals surface area contributed by atoms with Crippen molar-refractivity contribution >= 4 is 34.3 Å². The third-order valence-electron chi connectivity index (χ3n) is 3.98. The molecule has 1 aromatic heterocycles. The Balaban J connectivity index is 1.84. The molecule has 1 aliphatic heterocycles. The summed E-state index contributed by atoms with van der Waals surface area (Å²) in [6.07, 6.45) is 4.33. The van der Waals surface area contributed by atoms with E-state index in [9.17, 15) is 9.90 Å². The van der Waals surface area contributed by atoms with Gasteiger partial charge in [-0.05, 0) is 35.6 Å². The number of carboxylic acids is 1. The van der Waals surface area contributed by atoms with Gasteiger partial charge in [-0.25, -0.2) is 4.79 Å². The first kappa shape index (κ1) is 14.9. The van der Waals surface area contributed by atoms with E-state index in [4.69, 9.17) is 5.11 Å². The van der Waals surface area contributed by atoms with Crippen LogP contribution < -0.4 is 10.4 Å². The summed E-state index contributed by atoms with van der Waals surface area (Å²) < 4.78 is 0. The molecule has 6 heteroatoms. The second-order valence-electron chi connectivity index (χ2n) is 5.61. The molecule has 4 rings (SSSR count). The van der Waals surface area contributed by atoms with E-state index < -0.39 is 5.97 Å². The van der Waals surface area contributed by atoms with Crippen molar-refractivity contribution in [1.29, 1.82) is 0 Å². The summed E-state index contributed by atoms with van der Waals surface area (Å²) >= 11 is 0. The number of carbonyl (C=O) groups is 1. The fraction of sp³-hybridized carbons (Fsp3) is 0. The largest absolute Gasteiger partial charge is 0.494 e. The lowest BCUT2D eigenvalue weighted by atomic mass is 10.1. The standard InChI is InChI=1S/C19H13N3O3/c23-18(24)8-7-16-13-6-5-11(10-17(13)22-21-16)9-14-12-3-1-2-4-15(12)20-19(14)25/h1-10,20,25H,(H,23,24). The molecule has 0 amide bonds. The van der Waals surface area contributed by atoms with Crippen LogP contribution in [-0.4, -0.2) is 21.2 Å². The third kappa shape index (κ3) is 2.70. The van der Waals surface area contributed by atoms with E-state index in [0.717, 1.165) is 27.4 Å². The number of carboxylic acid groups (broad SMARTS) is 1. The topological polar surface area (TPSA) is 98.0 Å². The first-order valence-corrected chi connectivity index (χ1v) is 7.60. The summed E-state index contributed by atoms with van der Waals surface area (Å²) in [5.74, 6) is -0.920.